The average Bonchev–Trinajstić information content (AvgIpc) is 2.08. The molecule has 92 valence electrons. The summed E-state index contributed by atoms with van der Waals surface area (Å²) in [7, 11) is 0. The van der Waals surface area contributed by atoms with Crippen LogP contribution in [0.5, 0.6) is 0 Å². The van der Waals surface area contributed by atoms with E-state index in [-0.39, 0.29) is 16.7 Å². The molecule has 0 saturated carbocycles. The van der Waals surface area contributed by atoms with E-state index in [2.05, 4.69) is 27.4 Å². The van der Waals surface area contributed by atoms with Crippen molar-refractivity contribution in [2.24, 2.45) is 10.8 Å². The van der Waals surface area contributed by atoms with Gasteiger partial charge < -0.3 is 0 Å². The Balaban J connectivity index is 5.39. The van der Waals surface area contributed by atoms with Gasteiger partial charge in [-0.25, -0.2) is 4.39 Å². The first kappa shape index (κ1) is 15.2. The van der Waals surface area contributed by atoms with Gasteiger partial charge in [-0.3, -0.25) is 0 Å². The molecular weight excluding hydrogens is 199 g/mol. The Morgan fingerprint density at radius 2 is 1.44 bits per heavy atom. The van der Waals surface area contributed by atoms with Gasteiger partial charge in [0.05, 0.1) is 0 Å². The van der Waals surface area contributed by atoms with Gasteiger partial charge in [0.15, 0.2) is 0 Å². The fourth-order valence-corrected chi connectivity index (χ4v) is 1.18. The maximum Gasteiger partial charge on any atom is 0.122 e. The monoisotopic (exact) mass is 224 g/mol. The third-order valence-corrected chi connectivity index (χ3v) is 2.85. The molecular formula is C15H25F. The van der Waals surface area contributed by atoms with Crippen LogP contribution in [0.2, 0.25) is 0 Å². The summed E-state index contributed by atoms with van der Waals surface area (Å²) in [6.07, 6.45) is 3.34. The maximum atomic E-state index is 14.0. The molecule has 0 atom stereocenters. The molecule has 0 spiro atoms. The lowest BCUT2D eigenvalue weighted by molar-refractivity contribution is 0.473. The molecule has 0 radical (unpaired) electrons. The number of rotatable bonds is 2. The van der Waals surface area contributed by atoms with Crippen LogP contribution < -0.4 is 0 Å². The Hall–Kier alpha value is -0.850. The van der Waals surface area contributed by atoms with E-state index in [4.69, 9.17) is 0 Å². The van der Waals surface area contributed by atoms with E-state index in [1.807, 2.05) is 27.7 Å². The normalized spacial score (nSPS) is 15.9. The molecule has 0 aromatic carbocycles. The molecule has 0 aliphatic heterocycles. The molecule has 0 fully saturated rings. The zero-order valence-corrected chi connectivity index (χ0v) is 11.7. The predicted octanol–water partition coefficient (Wildman–Crippen LogP) is 5.43. The first-order valence-electron chi connectivity index (χ1n) is 5.71. The fourth-order valence-electron chi connectivity index (χ4n) is 1.18. The SMILES string of the molecule is C=C/C(=C\C(F)=C(/C)C(C)(C)C)C(C)(C)C. The fraction of sp³-hybridized carbons (Fsp3) is 0.600. The Kier molecular flexibility index (Phi) is 4.72. The molecule has 0 aromatic heterocycles. The summed E-state index contributed by atoms with van der Waals surface area (Å²) in [4.78, 5) is 0. The average molecular weight is 224 g/mol. The molecule has 16 heavy (non-hydrogen) atoms. The number of allylic oxidation sites excluding steroid dienone is 5. The minimum absolute atomic E-state index is 0.0722. The predicted molar refractivity (Wildman–Crippen MR) is 71.0 cm³/mol. The van der Waals surface area contributed by atoms with E-state index in [0.29, 0.717) is 0 Å². The van der Waals surface area contributed by atoms with Crippen molar-refractivity contribution in [2.75, 3.05) is 0 Å². The highest BCUT2D eigenvalue weighted by molar-refractivity contribution is 5.33. The van der Waals surface area contributed by atoms with Gasteiger partial charge in [-0.15, -0.1) is 0 Å². The molecule has 0 rings (SSSR count). The van der Waals surface area contributed by atoms with Crippen molar-refractivity contribution >= 4 is 0 Å². The van der Waals surface area contributed by atoms with E-state index < -0.39 is 0 Å². The van der Waals surface area contributed by atoms with Gasteiger partial charge in [-0.1, -0.05) is 54.2 Å². The number of halogens is 1. The second kappa shape index (κ2) is 4.99. The lowest BCUT2D eigenvalue weighted by atomic mass is 9.83. The highest BCUT2D eigenvalue weighted by Gasteiger charge is 2.19. The van der Waals surface area contributed by atoms with Gasteiger partial charge in [-0.2, -0.15) is 0 Å². The van der Waals surface area contributed by atoms with Gasteiger partial charge >= 0.3 is 0 Å². The molecule has 0 nitrogen and oxygen atoms in total. The Bertz CT molecular complexity index is 316. The summed E-state index contributed by atoms with van der Waals surface area (Å²) in [5, 5.41) is 0. The van der Waals surface area contributed by atoms with Crippen LogP contribution in [0, 0.1) is 10.8 Å². The van der Waals surface area contributed by atoms with Gasteiger partial charge in [-0.05, 0) is 35.0 Å². The van der Waals surface area contributed by atoms with Crippen LogP contribution in [0.4, 0.5) is 4.39 Å². The van der Waals surface area contributed by atoms with Crippen molar-refractivity contribution in [3.05, 3.63) is 35.7 Å². The largest absolute Gasteiger partial charge is 0.207 e. The summed E-state index contributed by atoms with van der Waals surface area (Å²) in [6.45, 7) is 17.8. The maximum absolute atomic E-state index is 14.0. The molecule has 0 heterocycles. The zero-order chi connectivity index (χ0) is 13.1. The van der Waals surface area contributed by atoms with Crippen molar-refractivity contribution < 1.29 is 4.39 Å². The van der Waals surface area contributed by atoms with Crippen molar-refractivity contribution in [2.45, 2.75) is 48.5 Å². The van der Waals surface area contributed by atoms with Gasteiger partial charge in [0, 0.05) is 0 Å². The summed E-state index contributed by atoms with van der Waals surface area (Å²) in [6, 6.07) is 0. The van der Waals surface area contributed by atoms with Gasteiger partial charge in [0.1, 0.15) is 5.83 Å². The summed E-state index contributed by atoms with van der Waals surface area (Å²) in [5.74, 6) is -0.141. The summed E-state index contributed by atoms with van der Waals surface area (Å²) >= 11 is 0. The summed E-state index contributed by atoms with van der Waals surface area (Å²) in [5.41, 5.74) is 1.49. The van der Waals surface area contributed by atoms with E-state index in [0.717, 1.165) is 11.1 Å². The van der Waals surface area contributed by atoms with Gasteiger partial charge in [0.2, 0.25) is 0 Å². The molecule has 0 unspecified atom stereocenters. The molecule has 0 aliphatic rings. The standard InChI is InChI=1S/C15H25F/c1-9-12(15(6,7)8)10-13(16)11(2)14(3,4)5/h9-10H,1H2,2-8H3/b12-10+,13-11-. The second-order valence-corrected chi connectivity index (χ2v) is 6.28. The molecule has 0 N–H and O–H groups in total. The molecule has 0 amide bonds. The van der Waals surface area contributed by atoms with Crippen LogP contribution in [0.3, 0.4) is 0 Å². The van der Waals surface area contributed by atoms with Crippen molar-refractivity contribution in [3.8, 4) is 0 Å². The van der Waals surface area contributed by atoms with Crippen LogP contribution in [-0.4, -0.2) is 0 Å². The van der Waals surface area contributed by atoms with Gasteiger partial charge in [0.25, 0.3) is 0 Å². The van der Waals surface area contributed by atoms with Crippen LogP contribution >= 0.6 is 0 Å². The first-order valence-corrected chi connectivity index (χ1v) is 5.71. The van der Waals surface area contributed by atoms with Crippen LogP contribution in [0.25, 0.3) is 0 Å². The number of hydrogen-bond donors (Lipinski definition) is 0. The number of hydrogen-bond acceptors (Lipinski definition) is 0. The molecule has 0 bridgehead atoms. The molecule has 0 saturated heterocycles. The van der Waals surface area contributed by atoms with Crippen LogP contribution in [0.15, 0.2) is 35.7 Å². The zero-order valence-electron chi connectivity index (χ0n) is 11.7. The van der Waals surface area contributed by atoms with E-state index in [1.54, 1.807) is 12.2 Å². The molecule has 0 aliphatic carbocycles. The Morgan fingerprint density at radius 1 is 1.00 bits per heavy atom. The van der Waals surface area contributed by atoms with E-state index in [1.165, 1.54) is 0 Å². The smallest absolute Gasteiger partial charge is 0.122 e. The third kappa shape index (κ3) is 4.34. The highest BCUT2D eigenvalue weighted by atomic mass is 19.1. The lowest BCUT2D eigenvalue weighted by Gasteiger charge is -2.22. The van der Waals surface area contributed by atoms with Crippen LogP contribution in [0.1, 0.15) is 48.5 Å². The highest BCUT2D eigenvalue weighted by Crippen LogP contribution is 2.32. The Labute approximate surface area is 99.9 Å². The third-order valence-electron chi connectivity index (χ3n) is 2.85. The van der Waals surface area contributed by atoms with Crippen molar-refractivity contribution in [3.63, 3.8) is 0 Å². The quantitative estimate of drug-likeness (QED) is 0.548. The van der Waals surface area contributed by atoms with Crippen molar-refractivity contribution in [1.82, 2.24) is 0 Å². The molecule has 0 aromatic rings. The summed E-state index contributed by atoms with van der Waals surface area (Å²) < 4.78 is 14.0. The van der Waals surface area contributed by atoms with Crippen molar-refractivity contribution in [1.29, 1.82) is 0 Å². The Morgan fingerprint density at radius 3 is 1.69 bits per heavy atom. The molecule has 1 heteroatoms. The lowest BCUT2D eigenvalue weighted by Crippen LogP contribution is -2.10. The topological polar surface area (TPSA) is 0 Å². The van der Waals surface area contributed by atoms with E-state index >= 15 is 0 Å². The van der Waals surface area contributed by atoms with E-state index in [9.17, 15) is 4.39 Å². The minimum atomic E-state index is -0.141. The van der Waals surface area contributed by atoms with Crippen LogP contribution in [-0.2, 0) is 0 Å². The minimum Gasteiger partial charge on any atom is -0.207 e. The first-order chi connectivity index (χ1) is 7.00. The second-order valence-electron chi connectivity index (χ2n) is 6.28.